The zero-order chi connectivity index (χ0) is 25.3. The Bertz CT molecular complexity index is 1080. The van der Waals surface area contributed by atoms with E-state index in [9.17, 15) is 24.9 Å². The van der Waals surface area contributed by atoms with Gasteiger partial charge in [0.05, 0.1) is 17.1 Å². The molecule has 2 aliphatic heterocycles. The van der Waals surface area contributed by atoms with Crippen molar-refractivity contribution in [1.29, 1.82) is 0 Å². The summed E-state index contributed by atoms with van der Waals surface area (Å²) < 4.78 is 11.9. The largest absolute Gasteiger partial charge is 0.453 e. The van der Waals surface area contributed by atoms with E-state index in [0.717, 1.165) is 12.8 Å². The van der Waals surface area contributed by atoms with E-state index in [1.165, 1.54) is 0 Å². The monoisotopic (exact) mass is 486 g/mol. The summed E-state index contributed by atoms with van der Waals surface area (Å²) in [6, 6.07) is 0. The Balaban J connectivity index is 1.36. The lowest BCUT2D eigenvalue weighted by atomic mass is 9.43. The predicted octanol–water partition coefficient (Wildman–Crippen LogP) is 2.61. The normalized spacial score (nSPS) is 54.3. The minimum atomic E-state index is -1.54. The molecule has 1 saturated heterocycles. The number of cyclic esters (lactones) is 1. The SMILES string of the molecule is CC1=C(C)[C@H](O)[C@H]([C@](C)(O)[C@H]2CC[C@@]3(O)[C@@H]4C[C@H]5O[C@]56CC=CC(=O)[C@]6(C)[C@H]4CC[C@]23C)OC1=O. The molecule has 0 aromatic heterocycles. The standard InChI is InChI=1S/C28H38O7/c1-14-15(2)23(31)34-22(21(14)30)26(5,32)18-9-12-27(33)17-13-20-28(35-20)10-6-7-19(29)25(28,4)16(17)8-11-24(18,27)3/h6-7,16-18,20-22,30,32-33H,8-13H2,1-5H3/t16-,17+,18-,20+,21-,22+,24+,25-,26+,27+,28+/m0/s1. The Morgan fingerprint density at radius 2 is 1.83 bits per heavy atom. The molecule has 192 valence electrons. The lowest BCUT2D eigenvalue weighted by Gasteiger charge is -2.61. The lowest BCUT2D eigenvalue weighted by molar-refractivity contribution is -0.229. The molecule has 3 N–H and O–H groups in total. The Hall–Kier alpha value is -1.54. The molecule has 0 amide bonds. The molecular weight excluding hydrogens is 448 g/mol. The maximum Gasteiger partial charge on any atom is 0.334 e. The quantitative estimate of drug-likeness (QED) is 0.406. The molecule has 35 heavy (non-hydrogen) atoms. The van der Waals surface area contributed by atoms with Crippen molar-refractivity contribution >= 4 is 11.8 Å². The van der Waals surface area contributed by atoms with Gasteiger partial charge in [-0.15, -0.1) is 0 Å². The second-order valence-electron chi connectivity index (χ2n) is 12.9. The van der Waals surface area contributed by atoms with Gasteiger partial charge in [0.1, 0.15) is 17.3 Å². The van der Waals surface area contributed by atoms with Crippen molar-refractivity contribution in [3.8, 4) is 0 Å². The van der Waals surface area contributed by atoms with E-state index < -0.39 is 45.8 Å². The Morgan fingerprint density at radius 3 is 2.54 bits per heavy atom. The average molecular weight is 487 g/mol. The van der Waals surface area contributed by atoms with Gasteiger partial charge in [0.2, 0.25) is 0 Å². The van der Waals surface area contributed by atoms with Crippen LogP contribution in [0.2, 0.25) is 0 Å². The van der Waals surface area contributed by atoms with Crippen LogP contribution >= 0.6 is 0 Å². The number of hydrogen-bond acceptors (Lipinski definition) is 7. The lowest BCUT2D eigenvalue weighted by Crippen LogP contribution is -2.67. The van der Waals surface area contributed by atoms with Gasteiger partial charge < -0.3 is 24.8 Å². The number of esters is 1. The second kappa shape index (κ2) is 6.85. The number of hydrogen-bond donors (Lipinski definition) is 3. The van der Waals surface area contributed by atoms with Crippen molar-refractivity contribution in [3.63, 3.8) is 0 Å². The minimum absolute atomic E-state index is 0.00593. The molecule has 6 aliphatic rings. The number of aliphatic hydroxyl groups is 3. The van der Waals surface area contributed by atoms with Gasteiger partial charge in [-0.25, -0.2) is 4.79 Å². The number of allylic oxidation sites excluding steroid dienone is 1. The van der Waals surface area contributed by atoms with Crippen molar-refractivity contribution in [2.75, 3.05) is 0 Å². The molecule has 3 saturated carbocycles. The molecular formula is C28H38O7. The highest BCUT2D eigenvalue weighted by atomic mass is 16.6. The number of epoxide rings is 1. The van der Waals surface area contributed by atoms with Gasteiger partial charge in [-0.1, -0.05) is 13.0 Å². The predicted molar refractivity (Wildman–Crippen MR) is 126 cm³/mol. The van der Waals surface area contributed by atoms with Crippen LogP contribution in [-0.2, 0) is 19.1 Å². The smallest absolute Gasteiger partial charge is 0.334 e. The van der Waals surface area contributed by atoms with Gasteiger partial charge in [0.25, 0.3) is 0 Å². The summed E-state index contributed by atoms with van der Waals surface area (Å²) >= 11 is 0. The average Bonchev–Trinajstić information content (AvgIpc) is 3.43. The van der Waals surface area contributed by atoms with Crippen LogP contribution < -0.4 is 0 Å². The Labute approximate surface area is 206 Å². The van der Waals surface area contributed by atoms with Crippen molar-refractivity contribution in [2.45, 2.75) is 108 Å². The molecule has 2 heterocycles. The molecule has 7 nitrogen and oxygen atoms in total. The summed E-state index contributed by atoms with van der Waals surface area (Å²) in [7, 11) is 0. The van der Waals surface area contributed by atoms with Crippen LogP contribution in [0.4, 0.5) is 0 Å². The van der Waals surface area contributed by atoms with Crippen molar-refractivity contribution in [3.05, 3.63) is 23.3 Å². The number of carbonyl (C=O) groups is 2. The third-order valence-electron chi connectivity index (χ3n) is 11.9. The minimum Gasteiger partial charge on any atom is -0.453 e. The highest BCUT2D eigenvalue weighted by Crippen LogP contribution is 2.74. The Morgan fingerprint density at radius 1 is 1.11 bits per heavy atom. The van der Waals surface area contributed by atoms with Crippen LogP contribution in [0.1, 0.15) is 73.1 Å². The van der Waals surface area contributed by atoms with Crippen LogP contribution in [0.25, 0.3) is 0 Å². The van der Waals surface area contributed by atoms with E-state index in [0.29, 0.717) is 36.8 Å². The van der Waals surface area contributed by atoms with Gasteiger partial charge in [-0.2, -0.15) is 0 Å². The van der Waals surface area contributed by atoms with Gasteiger partial charge in [-0.3, -0.25) is 4.79 Å². The number of ether oxygens (including phenoxy) is 2. The van der Waals surface area contributed by atoms with Crippen LogP contribution in [0.15, 0.2) is 23.3 Å². The molecule has 0 radical (unpaired) electrons. The first-order valence-corrected chi connectivity index (χ1v) is 13.2. The maximum atomic E-state index is 13.3. The van der Waals surface area contributed by atoms with Gasteiger partial charge >= 0.3 is 5.97 Å². The van der Waals surface area contributed by atoms with Gasteiger partial charge in [0, 0.05) is 11.0 Å². The van der Waals surface area contributed by atoms with Crippen LogP contribution in [0.5, 0.6) is 0 Å². The first-order valence-electron chi connectivity index (χ1n) is 13.2. The second-order valence-corrected chi connectivity index (χ2v) is 12.9. The number of aliphatic hydroxyl groups excluding tert-OH is 1. The van der Waals surface area contributed by atoms with Crippen molar-refractivity contribution in [2.24, 2.45) is 28.6 Å². The molecule has 0 aromatic rings. The zero-order valence-electron chi connectivity index (χ0n) is 21.3. The molecule has 4 fully saturated rings. The molecule has 0 unspecified atom stereocenters. The fourth-order valence-electron chi connectivity index (χ4n) is 9.52. The van der Waals surface area contributed by atoms with Crippen molar-refractivity contribution in [1.82, 2.24) is 0 Å². The van der Waals surface area contributed by atoms with Crippen molar-refractivity contribution < 1.29 is 34.4 Å². The molecule has 0 aromatic carbocycles. The van der Waals surface area contributed by atoms with E-state index in [1.54, 1.807) is 26.8 Å². The van der Waals surface area contributed by atoms with Gasteiger partial charge in [0.15, 0.2) is 11.9 Å². The van der Waals surface area contributed by atoms with E-state index in [-0.39, 0.29) is 29.6 Å². The molecule has 0 bridgehead atoms. The summed E-state index contributed by atoms with van der Waals surface area (Å²) in [6.45, 7) is 9.04. The molecule has 7 heteroatoms. The number of carbonyl (C=O) groups excluding carboxylic acids is 2. The molecule has 4 aliphatic carbocycles. The van der Waals surface area contributed by atoms with E-state index in [2.05, 4.69) is 0 Å². The summed E-state index contributed by atoms with van der Waals surface area (Å²) in [4.78, 5) is 25.8. The third-order valence-corrected chi connectivity index (χ3v) is 11.9. The maximum absolute atomic E-state index is 13.3. The number of rotatable bonds is 2. The highest BCUT2D eigenvalue weighted by molar-refractivity contribution is 5.97. The topological polar surface area (TPSA) is 117 Å². The van der Waals surface area contributed by atoms with Crippen LogP contribution in [0, 0.1) is 28.6 Å². The number of ketones is 1. The summed E-state index contributed by atoms with van der Waals surface area (Å²) in [5.41, 5.74) is -3.49. The Kier molecular flexibility index (Phi) is 4.67. The zero-order valence-corrected chi connectivity index (χ0v) is 21.3. The van der Waals surface area contributed by atoms with E-state index in [1.807, 2.05) is 19.9 Å². The summed E-state index contributed by atoms with van der Waals surface area (Å²) in [5, 5.41) is 35.4. The fourth-order valence-corrected chi connectivity index (χ4v) is 9.52. The molecule has 11 atom stereocenters. The third kappa shape index (κ3) is 2.56. The van der Waals surface area contributed by atoms with Crippen LogP contribution in [-0.4, -0.2) is 62.2 Å². The molecule has 6 rings (SSSR count). The fraction of sp³-hybridized carbons (Fsp3) is 0.786. The highest BCUT2D eigenvalue weighted by Gasteiger charge is 2.80. The van der Waals surface area contributed by atoms with Crippen LogP contribution in [0.3, 0.4) is 0 Å². The first-order chi connectivity index (χ1) is 16.3. The van der Waals surface area contributed by atoms with Gasteiger partial charge in [-0.05, 0) is 95.6 Å². The van der Waals surface area contributed by atoms with E-state index in [4.69, 9.17) is 9.47 Å². The summed E-state index contributed by atoms with van der Waals surface area (Å²) in [6.07, 6.45) is 5.29. The number of fused-ring (bicyclic) bond motifs is 4. The first kappa shape index (κ1) is 23.8. The summed E-state index contributed by atoms with van der Waals surface area (Å²) in [5.74, 6) is -0.922. The van der Waals surface area contributed by atoms with E-state index >= 15 is 0 Å². The molecule has 1 spiro atoms.